The second kappa shape index (κ2) is 4.38. The zero-order valence-corrected chi connectivity index (χ0v) is 11.9. The summed E-state index contributed by atoms with van der Waals surface area (Å²) in [5.74, 6) is 0. The molecule has 1 amide bonds. The van der Waals surface area contributed by atoms with Crippen molar-refractivity contribution in [1.82, 2.24) is 4.90 Å². The van der Waals surface area contributed by atoms with E-state index in [2.05, 4.69) is 12.6 Å². The molecule has 0 atom stereocenters. The molecular formula is C13H23NO2S. The SMILES string of the molecule is CC(C)(C)OC(=O)N1CCC2(CC1)CC(S)C2. The Morgan fingerprint density at radius 1 is 1.29 bits per heavy atom. The Labute approximate surface area is 109 Å². The Kier molecular flexibility index (Phi) is 3.36. The van der Waals surface area contributed by atoms with Gasteiger partial charge in [0.05, 0.1) is 0 Å². The van der Waals surface area contributed by atoms with Crippen molar-refractivity contribution in [2.45, 2.75) is 57.3 Å². The third-order valence-electron chi connectivity index (χ3n) is 3.81. The molecule has 3 nitrogen and oxygen atoms in total. The van der Waals surface area contributed by atoms with Crippen LogP contribution in [0.25, 0.3) is 0 Å². The van der Waals surface area contributed by atoms with E-state index in [0.29, 0.717) is 10.7 Å². The van der Waals surface area contributed by atoms with Crippen LogP contribution in [0.15, 0.2) is 0 Å². The van der Waals surface area contributed by atoms with Gasteiger partial charge in [0.15, 0.2) is 0 Å². The molecule has 4 heteroatoms. The molecule has 1 saturated carbocycles. The molecule has 2 aliphatic rings. The highest BCUT2D eigenvalue weighted by molar-refractivity contribution is 7.81. The minimum atomic E-state index is -0.390. The molecule has 0 N–H and O–H groups in total. The van der Waals surface area contributed by atoms with Crippen molar-refractivity contribution in [2.75, 3.05) is 13.1 Å². The summed E-state index contributed by atoms with van der Waals surface area (Å²) >= 11 is 4.48. The minimum absolute atomic E-state index is 0.158. The van der Waals surface area contributed by atoms with E-state index >= 15 is 0 Å². The Balaban J connectivity index is 1.81. The van der Waals surface area contributed by atoms with Crippen molar-refractivity contribution in [3.63, 3.8) is 0 Å². The number of carbonyl (C=O) groups excluding carboxylic acids is 1. The number of carbonyl (C=O) groups is 1. The number of thiol groups is 1. The highest BCUT2D eigenvalue weighted by atomic mass is 32.1. The maximum atomic E-state index is 11.9. The summed E-state index contributed by atoms with van der Waals surface area (Å²) in [7, 11) is 0. The van der Waals surface area contributed by atoms with Gasteiger partial charge in [-0.2, -0.15) is 12.6 Å². The number of rotatable bonds is 0. The van der Waals surface area contributed by atoms with Gasteiger partial charge in [-0.05, 0) is 51.9 Å². The van der Waals surface area contributed by atoms with Crippen LogP contribution in [0.2, 0.25) is 0 Å². The molecule has 0 unspecified atom stereocenters. The first-order valence-electron chi connectivity index (χ1n) is 6.46. The van der Waals surface area contributed by atoms with Crippen LogP contribution in [0.3, 0.4) is 0 Å². The summed E-state index contributed by atoms with van der Waals surface area (Å²) in [6.07, 6.45) is 4.51. The highest BCUT2D eigenvalue weighted by Gasteiger charge is 2.45. The predicted molar refractivity (Wildman–Crippen MR) is 71.5 cm³/mol. The third-order valence-corrected chi connectivity index (χ3v) is 4.18. The van der Waals surface area contributed by atoms with Crippen LogP contribution in [-0.2, 0) is 4.74 Å². The molecule has 2 fully saturated rings. The highest BCUT2D eigenvalue weighted by Crippen LogP contribution is 2.51. The van der Waals surface area contributed by atoms with Crippen molar-refractivity contribution in [2.24, 2.45) is 5.41 Å². The Morgan fingerprint density at radius 3 is 2.24 bits per heavy atom. The van der Waals surface area contributed by atoms with Crippen LogP contribution in [0.1, 0.15) is 46.5 Å². The van der Waals surface area contributed by atoms with Gasteiger partial charge in [-0.25, -0.2) is 4.79 Å². The van der Waals surface area contributed by atoms with Gasteiger partial charge in [-0.1, -0.05) is 0 Å². The topological polar surface area (TPSA) is 29.5 Å². The normalized spacial score (nSPS) is 24.6. The lowest BCUT2D eigenvalue weighted by molar-refractivity contribution is -0.00335. The summed E-state index contributed by atoms with van der Waals surface area (Å²) in [6, 6.07) is 0. The van der Waals surface area contributed by atoms with Crippen LogP contribution < -0.4 is 0 Å². The van der Waals surface area contributed by atoms with Crippen LogP contribution in [0.4, 0.5) is 4.79 Å². The number of nitrogens with zero attached hydrogens (tertiary/aromatic N) is 1. The molecule has 17 heavy (non-hydrogen) atoms. The molecule has 1 aliphatic heterocycles. The first-order chi connectivity index (χ1) is 7.80. The maximum Gasteiger partial charge on any atom is 0.410 e. The molecule has 0 aromatic rings. The number of hydrogen-bond acceptors (Lipinski definition) is 3. The average molecular weight is 257 g/mol. The predicted octanol–water partition coefficient (Wildman–Crippen LogP) is 3.10. The molecule has 1 aliphatic carbocycles. The first-order valence-corrected chi connectivity index (χ1v) is 6.97. The molecule has 98 valence electrons. The molecular weight excluding hydrogens is 234 g/mol. The van der Waals surface area contributed by atoms with E-state index in [1.54, 1.807) is 0 Å². The summed E-state index contributed by atoms with van der Waals surface area (Å²) in [6.45, 7) is 7.42. The van der Waals surface area contributed by atoms with Gasteiger partial charge in [0.25, 0.3) is 0 Å². The maximum absolute atomic E-state index is 11.9. The fraction of sp³-hybridized carbons (Fsp3) is 0.923. The van der Waals surface area contributed by atoms with E-state index in [1.165, 1.54) is 12.8 Å². The van der Waals surface area contributed by atoms with E-state index in [1.807, 2.05) is 25.7 Å². The smallest absolute Gasteiger partial charge is 0.410 e. The van der Waals surface area contributed by atoms with Gasteiger partial charge in [-0.3, -0.25) is 0 Å². The fourth-order valence-corrected chi connectivity index (χ4v) is 3.61. The number of hydrogen-bond donors (Lipinski definition) is 1. The lowest BCUT2D eigenvalue weighted by Crippen LogP contribution is -2.50. The van der Waals surface area contributed by atoms with Crippen molar-refractivity contribution in [3.8, 4) is 0 Å². The first kappa shape index (κ1) is 13.1. The van der Waals surface area contributed by atoms with Crippen LogP contribution in [0.5, 0.6) is 0 Å². The second-order valence-electron chi connectivity index (χ2n) is 6.53. The van der Waals surface area contributed by atoms with Crippen molar-refractivity contribution in [1.29, 1.82) is 0 Å². The van der Waals surface area contributed by atoms with Gasteiger partial charge in [0.1, 0.15) is 5.60 Å². The number of amides is 1. The largest absolute Gasteiger partial charge is 0.444 e. The van der Waals surface area contributed by atoms with E-state index in [9.17, 15) is 4.79 Å². The Bertz CT molecular complexity index is 295. The van der Waals surface area contributed by atoms with Gasteiger partial charge in [0, 0.05) is 18.3 Å². The second-order valence-corrected chi connectivity index (χ2v) is 7.26. The van der Waals surface area contributed by atoms with Crippen LogP contribution in [0, 0.1) is 5.41 Å². The standard InChI is InChI=1S/C13H23NO2S/c1-12(2,3)16-11(15)14-6-4-13(5-7-14)8-10(17)9-13/h10,17H,4-9H2,1-3H3. The van der Waals surface area contributed by atoms with E-state index < -0.39 is 0 Å². The number of ether oxygens (including phenoxy) is 1. The number of likely N-dealkylation sites (tertiary alicyclic amines) is 1. The fourth-order valence-electron chi connectivity index (χ4n) is 2.84. The molecule has 1 saturated heterocycles. The summed E-state index contributed by atoms with van der Waals surface area (Å²) in [5.41, 5.74) is 0.101. The van der Waals surface area contributed by atoms with Crippen LogP contribution >= 0.6 is 12.6 Å². The molecule has 1 spiro atoms. The molecule has 1 heterocycles. The zero-order valence-electron chi connectivity index (χ0n) is 11.0. The molecule has 0 bridgehead atoms. The average Bonchev–Trinajstić information content (AvgIpc) is 2.14. The summed E-state index contributed by atoms with van der Waals surface area (Å²) < 4.78 is 5.39. The summed E-state index contributed by atoms with van der Waals surface area (Å²) in [5, 5.41) is 0.586. The van der Waals surface area contributed by atoms with E-state index in [-0.39, 0.29) is 11.7 Å². The van der Waals surface area contributed by atoms with Crippen molar-refractivity contribution in [3.05, 3.63) is 0 Å². The van der Waals surface area contributed by atoms with Gasteiger partial charge in [0.2, 0.25) is 0 Å². The van der Waals surface area contributed by atoms with Gasteiger partial charge < -0.3 is 9.64 Å². The summed E-state index contributed by atoms with van der Waals surface area (Å²) in [4.78, 5) is 13.7. The Hall–Kier alpha value is -0.380. The van der Waals surface area contributed by atoms with Crippen LogP contribution in [-0.4, -0.2) is 34.9 Å². The lowest BCUT2D eigenvalue weighted by Gasteiger charge is -2.50. The monoisotopic (exact) mass is 257 g/mol. The number of piperidine rings is 1. The van der Waals surface area contributed by atoms with Crippen molar-refractivity contribution < 1.29 is 9.53 Å². The Morgan fingerprint density at radius 2 is 1.82 bits per heavy atom. The van der Waals surface area contributed by atoms with E-state index in [0.717, 1.165) is 25.9 Å². The molecule has 0 radical (unpaired) electrons. The molecule has 0 aromatic heterocycles. The minimum Gasteiger partial charge on any atom is -0.444 e. The molecule has 0 aromatic carbocycles. The quantitative estimate of drug-likeness (QED) is 0.676. The van der Waals surface area contributed by atoms with E-state index in [4.69, 9.17) is 4.74 Å². The molecule has 2 rings (SSSR count). The zero-order chi connectivity index (χ0) is 12.7. The third kappa shape index (κ3) is 3.09. The van der Waals surface area contributed by atoms with Gasteiger partial charge in [-0.15, -0.1) is 0 Å². The van der Waals surface area contributed by atoms with Crippen molar-refractivity contribution >= 4 is 18.7 Å². The lowest BCUT2D eigenvalue weighted by atomic mass is 9.63. The van der Waals surface area contributed by atoms with Gasteiger partial charge >= 0.3 is 6.09 Å².